The van der Waals surface area contributed by atoms with Crippen molar-refractivity contribution in [3.8, 4) is 6.07 Å². The van der Waals surface area contributed by atoms with E-state index in [4.69, 9.17) is 11.0 Å². The normalized spacial score (nSPS) is 16.4. The third-order valence-corrected chi connectivity index (χ3v) is 5.03. The fourth-order valence-corrected chi connectivity index (χ4v) is 3.77. The zero-order valence-electron chi connectivity index (χ0n) is 9.89. The Morgan fingerprint density at radius 1 is 1.33 bits per heavy atom. The number of nitriles is 1. The quantitative estimate of drug-likeness (QED) is 0.815. The minimum Gasteiger partial charge on any atom is -0.397 e. The van der Waals surface area contributed by atoms with Gasteiger partial charge in [0.1, 0.15) is 0 Å². The standard InChI is InChI=1S/C12H15N3O2S/c13-8-9-5-6-12(11(14)7-9)15-18(16,17)10-3-1-2-4-10/h5-7,10,15H,1-4,14H2. The van der Waals surface area contributed by atoms with Crippen LogP contribution in [0.25, 0.3) is 0 Å². The SMILES string of the molecule is N#Cc1ccc(NS(=O)(=O)C2CCCC2)c(N)c1. The summed E-state index contributed by atoms with van der Waals surface area (Å²) in [7, 11) is -3.37. The molecule has 0 bridgehead atoms. The molecule has 0 aliphatic heterocycles. The number of hydrogen-bond donors (Lipinski definition) is 2. The van der Waals surface area contributed by atoms with Gasteiger partial charge >= 0.3 is 0 Å². The van der Waals surface area contributed by atoms with Crippen molar-refractivity contribution in [2.45, 2.75) is 30.9 Å². The van der Waals surface area contributed by atoms with Crippen LogP contribution >= 0.6 is 0 Å². The topological polar surface area (TPSA) is 96.0 Å². The number of hydrogen-bond acceptors (Lipinski definition) is 4. The molecule has 1 fully saturated rings. The number of benzene rings is 1. The Bertz CT molecular complexity index is 584. The van der Waals surface area contributed by atoms with Crippen LogP contribution in [0.1, 0.15) is 31.2 Å². The van der Waals surface area contributed by atoms with E-state index < -0.39 is 10.0 Å². The van der Waals surface area contributed by atoms with E-state index in [0.717, 1.165) is 12.8 Å². The largest absolute Gasteiger partial charge is 0.397 e. The molecule has 0 atom stereocenters. The summed E-state index contributed by atoms with van der Waals surface area (Å²) in [6, 6.07) is 6.49. The monoisotopic (exact) mass is 265 g/mol. The van der Waals surface area contributed by atoms with Gasteiger partial charge in [-0.15, -0.1) is 0 Å². The van der Waals surface area contributed by atoms with E-state index in [1.54, 1.807) is 6.07 Å². The molecular formula is C12H15N3O2S. The lowest BCUT2D eigenvalue weighted by Gasteiger charge is -2.14. The molecule has 2 rings (SSSR count). The van der Waals surface area contributed by atoms with Gasteiger partial charge in [0.25, 0.3) is 0 Å². The van der Waals surface area contributed by atoms with Crippen LogP contribution in [0.3, 0.4) is 0 Å². The summed E-state index contributed by atoms with van der Waals surface area (Å²) in [5, 5.41) is 8.39. The molecule has 6 heteroatoms. The van der Waals surface area contributed by atoms with Crippen LogP contribution < -0.4 is 10.5 Å². The van der Waals surface area contributed by atoms with Crippen molar-refractivity contribution in [1.29, 1.82) is 5.26 Å². The molecule has 18 heavy (non-hydrogen) atoms. The molecule has 0 unspecified atom stereocenters. The van der Waals surface area contributed by atoms with Gasteiger partial charge in [0.05, 0.1) is 28.3 Å². The van der Waals surface area contributed by atoms with Crippen LogP contribution in [0, 0.1) is 11.3 Å². The highest BCUT2D eigenvalue weighted by Gasteiger charge is 2.28. The van der Waals surface area contributed by atoms with Gasteiger partial charge in [0, 0.05) is 0 Å². The van der Waals surface area contributed by atoms with E-state index in [0.29, 0.717) is 24.1 Å². The van der Waals surface area contributed by atoms with E-state index in [2.05, 4.69) is 4.72 Å². The van der Waals surface area contributed by atoms with Gasteiger partial charge in [-0.3, -0.25) is 4.72 Å². The average molecular weight is 265 g/mol. The second-order valence-electron chi connectivity index (χ2n) is 4.47. The minimum atomic E-state index is -3.37. The summed E-state index contributed by atoms with van der Waals surface area (Å²) in [5.41, 5.74) is 6.76. The lowest BCUT2D eigenvalue weighted by molar-refractivity contribution is 0.585. The Hall–Kier alpha value is -1.74. The molecular weight excluding hydrogens is 250 g/mol. The van der Waals surface area contributed by atoms with E-state index in [1.807, 2.05) is 6.07 Å². The minimum absolute atomic E-state index is 0.274. The first-order chi connectivity index (χ1) is 8.53. The number of nitrogens with two attached hydrogens (primary N) is 1. The lowest BCUT2D eigenvalue weighted by atomic mass is 10.2. The van der Waals surface area contributed by atoms with Crippen LogP contribution in [0.15, 0.2) is 18.2 Å². The first-order valence-electron chi connectivity index (χ1n) is 5.84. The molecule has 1 aliphatic carbocycles. The van der Waals surface area contributed by atoms with Crippen molar-refractivity contribution in [2.24, 2.45) is 0 Å². The number of nitrogen functional groups attached to an aromatic ring is 1. The molecule has 1 aromatic rings. The van der Waals surface area contributed by atoms with Gasteiger partial charge in [0.15, 0.2) is 0 Å². The molecule has 1 aromatic carbocycles. The summed E-state index contributed by atoms with van der Waals surface area (Å²) in [4.78, 5) is 0. The first kappa shape index (κ1) is 12.7. The molecule has 0 saturated heterocycles. The maximum atomic E-state index is 12.1. The summed E-state index contributed by atoms with van der Waals surface area (Å²) in [5.74, 6) is 0. The number of anilines is 2. The summed E-state index contributed by atoms with van der Waals surface area (Å²) < 4.78 is 26.7. The van der Waals surface area contributed by atoms with Crippen molar-refractivity contribution in [3.63, 3.8) is 0 Å². The highest BCUT2D eigenvalue weighted by Crippen LogP contribution is 2.28. The third kappa shape index (κ3) is 2.57. The van der Waals surface area contributed by atoms with E-state index in [1.165, 1.54) is 12.1 Å². The molecule has 0 heterocycles. The molecule has 0 radical (unpaired) electrons. The highest BCUT2D eigenvalue weighted by atomic mass is 32.2. The van der Waals surface area contributed by atoms with Crippen LogP contribution in [-0.2, 0) is 10.0 Å². The number of sulfonamides is 1. The van der Waals surface area contributed by atoms with Gasteiger partial charge in [-0.25, -0.2) is 8.42 Å². The second kappa shape index (κ2) is 4.86. The van der Waals surface area contributed by atoms with Crippen LogP contribution in [-0.4, -0.2) is 13.7 Å². The van der Waals surface area contributed by atoms with Crippen LogP contribution in [0.5, 0.6) is 0 Å². The van der Waals surface area contributed by atoms with Gasteiger partial charge < -0.3 is 5.73 Å². The number of nitrogens with one attached hydrogen (secondary N) is 1. The zero-order valence-corrected chi connectivity index (χ0v) is 10.7. The Morgan fingerprint density at radius 3 is 2.56 bits per heavy atom. The molecule has 96 valence electrons. The Labute approximate surface area is 107 Å². The molecule has 0 spiro atoms. The summed E-state index contributed by atoms with van der Waals surface area (Å²) in [6.07, 6.45) is 3.31. The van der Waals surface area contributed by atoms with Gasteiger partial charge in [-0.1, -0.05) is 12.8 Å². The van der Waals surface area contributed by atoms with Gasteiger partial charge in [-0.05, 0) is 31.0 Å². The molecule has 5 nitrogen and oxygen atoms in total. The van der Waals surface area contributed by atoms with E-state index in [-0.39, 0.29) is 10.9 Å². The van der Waals surface area contributed by atoms with Crippen molar-refractivity contribution >= 4 is 21.4 Å². The summed E-state index contributed by atoms with van der Waals surface area (Å²) in [6.45, 7) is 0. The smallest absolute Gasteiger partial charge is 0.235 e. The molecule has 1 aliphatic rings. The highest BCUT2D eigenvalue weighted by molar-refractivity contribution is 7.93. The van der Waals surface area contributed by atoms with Crippen molar-refractivity contribution in [2.75, 3.05) is 10.5 Å². The van der Waals surface area contributed by atoms with Gasteiger partial charge in [-0.2, -0.15) is 5.26 Å². The Balaban J connectivity index is 2.21. The molecule has 0 amide bonds. The van der Waals surface area contributed by atoms with E-state index >= 15 is 0 Å². The number of nitrogens with zero attached hydrogens (tertiary/aromatic N) is 1. The summed E-state index contributed by atoms with van der Waals surface area (Å²) >= 11 is 0. The predicted octanol–water partition coefficient (Wildman–Crippen LogP) is 1.82. The van der Waals surface area contributed by atoms with Crippen molar-refractivity contribution < 1.29 is 8.42 Å². The fourth-order valence-electron chi connectivity index (χ4n) is 2.16. The van der Waals surface area contributed by atoms with Crippen molar-refractivity contribution in [1.82, 2.24) is 0 Å². The maximum absolute atomic E-state index is 12.1. The average Bonchev–Trinajstić information content (AvgIpc) is 2.86. The zero-order chi connectivity index (χ0) is 13.2. The van der Waals surface area contributed by atoms with Crippen molar-refractivity contribution in [3.05, 3.63) is 23.8 Å². The second-order valence-corrected chi connectivity index (χ2v) is 6.43. The first-order valence-corrected chi connectivity index (χ1v) is 7.39. The Morgan fingerprint density at radius 2 is 2.00 bits per heavy atom. The van der Waals surface area contributed by atoms with Crippen LogP contribution in [0.4, 0.5) is 11.4 Å². The lowest BCUT2D eigenvalue weighted by Crippen LogP contribution is -2.25. The van der Waals surface area contributed by atoms with Crippen LogP contribution in [0.2, 0.25) is 0 Å². The molecule has 1 saturated carbocycles. The molecule has 3 N–H and O–H groups in total. The third-order valence-electron chi connectivity index (χ3n) is 3.17. The maximum Gasteiger partial charge on any atom is 0.235 e. The Kier molecular flexibility index (Phi) is 3.43. The van der Waals surface area contributed by atoms with E-state index in [9.17, 15) is 8.42 Å². The molecule has 0 aromatic heterocycles. The fraction of sp³-hybridized carbons (Fsp3) is 0.417. The predicted molar refractivity (Wildman–Crippen MR) is 70.4 cm³/mol. The number of rotatable bonds is 3. The van der Waals surface area contributed by atoms with Gasteiger partial charge in [0.2, 0.25) is 10.0 Å².